The van der Waals surface area contributed by atoms with Crippen molar-refractivity contribution in [3.63, 3.8) is 0 Å². The molecular formula is C20H25N3O4. The Morgan fingerprint density at radius 1 is 1.15 bits per heavy atom. The lowest BCUT2D eigenvalue weighted by Crippen LogP contribution is -2.41. The Balaban J connectivity index is 1.81. The Labute approximate surface area is 158 Å². The smallest absolute Gasteiger partial charge is 0.410 e. The summed E-state index contributed by atoms with van der Waals surface area (Å²) in [5.41, 5.74) is 1.21. The van der Waals surface area contributed by atoms with Gasteiger partial charge >= 0.3 is 12.1 Å². The number of likely N-dealkylation sites (tertiary alicyclic amines) is 1. The molecule has 7 nitrogen and oxygen atoms in total. The van der Waals surface area contributed by atoms with E-state index in [0.717, 1.165) is 5.69 Å². The predicted molar refractivity (Wildman–Crippen MR) is 100 cm³/mol. The first-order valence-electron chi connectivity index (χ1n) is 9.11. The fraction of sp³-hybridized carbons (Fsp3) is 0.450. The number of piperidine rings is 1. The van der Waals surface area contributed by atoms with Crippen molar-refractivity contribution in [1.29, 1.82) is 0 Å². The largest absolute Gasteiger partial charge is 0.478 e. The first-order valence-corrected chi connectivity index (χ1v) is 9.11. The Morgan fingerprint density at radius 3 is 2.33 bits per heavy atom. The van der Waals surface area contributed by atoms with Crippen LogP contribution in [0.15, 0.2) is 36.5 Å². The Morgan fingerprint density at radius 2 is 1.78 bits per heavy atom. The van der Waals surface area contributed by atoms with E-state index >= 15 is 0 Å². The highest BCUT2D eigenvalue weighted by Crippen LogP contribution is 2.32. The molecule has 0 unspecified atom stereocenters. The molecular weight excluding hydrogens is 346 g/mol. The van der Waals surface area contributed by atoms with Crippen LogP contribution in [0, 0.1) is 0 Å². The molecule has 1 saturated heterocycles. The van der Waals surface area contributed by atoms with Crippen molar-refractivity contribution < 1.29 is 19.4 Å². The topological polar surface area (TPSA) is 84.7 Å². The minimum absolute atomic E-state index is 0.0116. The zero-order valence-electron chi connectivity index (χ0n) is 15.9. The number of para-hydroxylation sites is 1. The first kappa shape index (κ1) is 18.9. The summed E-state index contributed by atoms with van der Waals surface area (Å²) in [5.74, 6) is -0.973. The predicted octanol–water partition coefficient (Wildman–Crippen LogP) is 3.69. The number of aromatic carboxylic acids is 1. The third-order valence-corrected chi connectivity index (χ3v) is 4.57. The van der Waals surface area contributed by atoms with Gasteiger partial charge in [-0.05, 0) is 45.7 Å². The van der Waals surface area contributed by atoms with E-state index in [9.17, 15) is 14.7 Å². The SMILES string of the molecule is CC(C)(C)OC(=O)N1CCC(c2c(C(=O)O)cnn2-c2ccccc2)CC1. The zero-order valence-corrected chi connectivity index (χ0v) is 15.9. The highest BCUT2D eigenvalue weighted by Gasteiger charge is 2.32. The van der Waals surface area contributed by atoms with Crippen molar-refractivity contribution in [1.82, 2.24) is 14.7 Å². The van der Waals surface area contributed by atoms with Crippen LogP contribution >= 0.6 is 0 Å². The molecule has 1 N–H and O–H groups in total. The summed E-state index contributed by atoms with van der Waals surface area (Å²) in [7, 11) is 0. The number of benzene rings is 1. The van der Waals surface area contributed by atoms with Gasteiger partial charge in [0, 0.05) is 19.0 Å². The van der Waals surface area contributed by atoms with Crippen LogP contribution in [0.5, 0.6) is 0 Å². The van der Waals surface area contributed by atoms with E-state index in [4.69, 9.17) is 4.74 Å². The third kappa shape index (κ3) is 4.30. The van der Waals surface area contributed by atoms with Crippen LogP contribution < -0.4 is 0 Å². The van der Waals surface area contributed by atoms with Crippen molar-refractivity contribution in [2.45, 2.75) is 45.1 Å². The summed E-state index contributed by atoms with van der Waals surface area (Å²) in [6.45, 7) is 6.58. The molecule has 0 atom stereocenters. The normalized spacial score (nSPS) is 15.6. The van der Waals surface area contributed by atoms with Gasteiger partial charge in [0.05, 0.1) is 17.6 Å². The van der Waals surface area contributed by atoms with Crippen LogP contribution in [-0.4, -0.2) is 50.5 Å². The Kier molecular flexibility index (Phi) is 5.21. The van der Waals surface area contributed by atoms with E-state index in [1.807, 2.05) is 51.1 Å². The molecule has 7 heteroatoms. The van der Waals surface area contributed by atoms with Crippen LogP contribution in [0.2, 0.25) is 0 Å². The fourth-order valence-corrected chi connectivity index (χ4v) is 3.35. The molecule has 2 aromatic rings. The van der Waals surface area contributed by atoms with Crippen molar-refractivity contribution in [3.8, 4) is 5.69 Å². The van der Waals surface area contributed by atoms with Gasteiger partial charge in [-0.3, -0.25) is 0 Å². The zero-order chi connectivity index (χ0) is 19.6. The number of hydrogen-bond acceptors (Lipinski definition) is 4. The first-order chi connectivity index (χ1) is 12.8. The molecule has 1 aromatic heterocycles. The van der Waals surface area contributed by atoms with E-state index < -0.39 is 11.6 Å². The number of ether oxygens (including phenoxy) is 1. The standard InChI is InChI=1S/C20H25N3O4/c1-20(2,3)27-19(26)22-11-9-14(10-12-22)17-16(18(24)25)13-21-23(17)15-7-5-4-6-8-15/h4-8,13-14H,9-12H2,1-3H3,(H,24,25). The molecule has 0 spiro atoms. The fourth-order valence-electron chi connectivity index (χ4n) is 3.35. The van der Waals surface area contributed by atoms with Crippen molar-refractivity contribution in [3.05, 3.63) is 47.8 Å². The lowest BCUT2D eigenvalue weighted by molar-refractivity contribution is 0.0202. The maximum Gasteiger partial charge on any atom is 0.410 e. The molecule has 1 aliphatic rings. The molecule has 144 valence electrons. The van der Waals surface area contributed by atoms with Crippen LogP contribution in [0.1, 0.15) is 55.6 Å². The van der Waals surface area contributed by atoms with Gasteiger partial charge in [-0.2, -0.15) is 5.10 Å². The summed E-state index contributed by atoms with van der Waals surface area (Å²) in [4.78, 5) is 25.6. The molecule has 1 amide bonds. The van der Waals surface area contributed by atoms with Crippen LogP contribution in [-0.2, 0) is 4.74 Å². The van der Waals surface area contributed by atoms with E-state index in [1.165, 1.54) is 6.20 Å². The quantitative estimate of drug-likeness (QED) is 0.889. The molecule has 1 aliphatic heterocycles. The van der Waals surface area contributed by atoms with Gasteiger partial charge in [-0.25, -0.2) is 14.3 Å². The van der Waals surface area contributed by atoms with Gasteiger partial charge in [0.1, 0.15) is 11.2 Å². The molecule has 3 rings (SSSR count). The Hall–Kier alpha value is -2.83. The van der Waals surface area contributed by atoms with Crippen molar-refractivity contribution in [2.24, 2.45) is 0 Å². The molecule has 1 fully saturated rings. The van der Waals surface area contributed by atoms with Gasteiger partial charge < -0.3 is 14.7 Å². The molecule has 27 heavy (non-hydrogen) atoms. The Bertz CT molecular complexity index is 815. The summed E-state index contributed by atoms with van der Waals surface area (Å²) < 4.78 is 7.14. The average Bonchev–Trinajstić information content (AvgIpc) is 3.06. The molecule has 0 bridgehead atoms. The maximum absolute atomic E-state index is 12.3. The lowest BCUT2D eigenvalue weighted by atomic mass is 9.91. The summed E-state index contributed by atoms with van der Waals surface area (Å²) >= 11 is 0. The number of carbonyl (C=O) groups excluding carboxylic acids is 1. The average molecular weight is 371 g/mol. The summed E-state index contributed by atoms with van der Waals surface area (Å²) in [5, 5.41) is 13.9. The molecule has 0 radical (unpaired) electrons. The van der Waals surface area contributed by atoms with Crippen LogP contribution in [0.3, 0.4) is 0 Å². The van der Waals surface area contributed by atoms with Crippen LogP contribution in [0.4, 0.5) is 4.79 Å². The number of carbonyl (C=O) groups is 2. The number of aromatic nitrogens is 2. The molecule has 2 heterocycles. The number of nitrogens with zero attached hydrogens (tertiary/aromatic N) is 3. The van der Waals surface area contributed by atoms with E-state index in [2.05, 4.69) is 5.10 Å². The summed E-state index contributed by atoms with van der Waals surface area (Å²) in [6.07, 6.45) is 2.41. The third-order valence-electron chi connectivity index (χ3n) is 4.57. The molecule has 0 saturated carbocycles. The number of rotatable bonds is 3. The van der Waals surface area contributed by atoms with Crippen molar-refractivity contribution in [2.75, 3.05) is 13.1 Å². The summed E-state index contributed by atoms with van der Waals surface area (Å²) in [6, 6.07) is 9.50. The minimum atomic E-state index is -0.984. The number of carboxylic acids is 1. The van der Waals surface area contributed by atoms with Crippen LogP contribution in [0.25, 0.3) is 5.69 Å². The second-order valence-electron chi connectivity index (χ2n) is 7.74. The van der Waals surface area contributed by atoms with E-state index in [-0.39, 0.29) is 17.6 Å². The van der Waals surface area contributed by atoms with E-state index in [0.29, 0.717) is 31.6 Å². The number of hydrogen-bond donors (Lipinski definition) is 1. The number of carboxylic acid groups (broad SMARTS) is 1. The van der Waals surface area contributed by atoms with Gasteiger partial charge in [-0.1, -0.05) is 18.2 Å². The molecule has 1 aromatic carbocycles. The second kappa shape index (κ2) is 7.42. The van der Waals surface area contributed by atoms with Gasteiger partial charge in [0.2, 0.25) is 0 Å². The van der Waals surface area contributed by atoms with Crippen molar-refractivity contribution >= 4 is 12.1 Å². The number of amides is 1. The molecule has 0 aliphatic carbocycles. The lowest BCUT2D eigenvalue weighted by Gasteiger charge is -2.33. The maximum atomic E-state index is 12.3. The van der Waals surface area contributed by atoms with Gasteiger partial charge in [0.25, 0.3) is 0 Å². The highest BCUT2D eigenvalue weighted by molar-refractivity contribution is 5.89. The minimum Gasteiger partial charge on any atom is -0.478 e. The van der Waals surface area contributed by atoms with E-state index in [1.54, 1.807) is 9.58 Å². The highest BCUT2D eigenvalue weighted by atomic mass is 16.6. The second-order valence-corrected chi connectivity index (χ2v) is 7.74. The van der Waals surface area contributed by atoms with Gasteiger partial charge in [-0.15, -0.1) is 0 Å². The van der Waals surface area contributed by atoms with Gasteiger partial charge in [0.15, 0.2) is 0 Å². The monoisotopic (exact) mass is 371 g/mol.